The SMILES string of the molecule is COc1ccc2oc(=O)c(CN3CCCC3)cc2c1. The van der Waals surface area contributed by atoms with Gasteiger partial charge in [0, 0.05) is 11.9 Å². The highest BCUT2D eigenvalue weighted by Crippen LogP contribution is 2.21. The summed E-state index contributed by atoms with van der Waals surface area (Å²) < 4.78 is 10.6. The van der Waals surface area contributed by atoms with Crippen LogP contribution in [0.3, 0.4) is 0 Å². The first-order valence-electron chi connectivity index (χ1n) is 6.59. The van der Waals surface area contributed by atoms with Gasteiger partial charge in [0.25, 0.3) is 0 Å². The maximum Gasteiger partial charge on any atom is 0.340 e. The Morgan fingerprint density at radius 1 is 1.26 bits per heavy atom. The van der Waals surface area contributed by atoms with Gasteiger partial charge in [-0.15, -0.1) is 0 Å². The quantitative estimate of drug-likeness (QED) is 0.794. The van der Waals surface area contributed by atoms with Crippen LogP contribution in [0.25, 0.3) is 11.0 Å². The van der Waals surface area contributed by atoms with Gasteiger partial charge in [-0.05, 0) is 50.2 Å². The molecule has 2 aromatic rings. The van der Waals surface area contributed by atoms with Gasteiger partial charge in [0.05, 0.1) is 12.7 Å². The Balaban J connectivity index is 1.98. The van der Waals surface area contributed by atoms with Crippen LogP contribution in [0.4, 0.5) is 0 Å². The maximum absolute atomic E-state index is 12.0. The fourth-order valence-corrected chi connectivity index (χ4v) is 2.56. The van der Waals surface area contributed by atoms with Gasteiger partial charge < -0.3 is 9.15 Å². The standard InChI is InChI=1S/C15H17NO3/c1-18-13-4-5-14-11(9-13)8-12(15(17)19-14)10-16-6-2-3-7-16/h4-5,8-9H,2-3,6-7,10H2,1H3. The topological polar surface area (TPSA) is 42.7 Å². The Morgan fingerprint density at radius 3 is 2.79 bits per heavy atom. The smallest absolute Gasteiger partial charge is 0.340 e. The molecule has 0 bridgehead atoms. The summed E-state index contributed by atoms with van der Waals surface area (Å²) in [5.74, 6) is 0.772. The molecule has 0 spiro atoms. The molecule has 0 radical (unpaired) electrons. The third-order valence-corrected chi connectivity index (χ3v) is 3.60. The number of methoxy groups -OCH3 is 1. The minimum atomic E-state index is -0.232. The third-order valence-electron chi connectivity index (χ3n) is 3.60. The van der Waals surface area contributed by atoms with Gasteiger partial charge in [-0.25, -0.2) is 4.79 Å². The summed E-state index contributed by atoms with van der Waals surface area (Å²) >= 11 is 0. The van der Waals surface area contributed by atoms with Crippen LogP contribution in [0.1, 0.15) is 18.4 Å². The first kappa shape index (κ1) is 12.2. The molecule has 1 aliphatic heterocycles. The predicted molar refractivity (Wildman–Crippen MR) is 73.5 cm³/mol. The lowest BCUT2D eigenvalue weighted by Crippen LogP contribution is -2.22. The number of nitrogens with zero attached hydrogens (tertiary/aromatic N) is 1. The van der Waals surface area contributed by atoms with Crippen molar-refractivity contribution in [3.8, 4) is 5.75 Å². The van der Waals surface area contributed by atoms with E-state index < -0.39 is 0 Å². The van der Waals surface area contributed by atoms with Crippen molar-refractivity contribution in [2.75, 3.05) is 20.2 Å². The van der Waals surface area contributed by atoms with Crippen molar-refractivity contribution in [3.63, 3.8) is 0 Å². The van der Waals surface area contributed by atoms with Crippen molar-refractivity contribution in [2.45, 2.75) is 19.4 Å². The number of benzene rings is 1. The van der Waals surface area contributed by atoms with Crippen LogP contribution in [-0.4, -0.2) is 25.1 Å². The van der Waals surface area contributed by atoms with Crippen LogP contribution in [-0.2, 0) is 6.54 Å². The van der Waals surface area contributed by atoms with Gasteiger partial charge in [-0.1, -0.05) is 0 Å². The average molecular weight is 259 g/mol. The Kier molecular flexibility index (Phi) is 3.25. The Labute approximate surface area is 111 Å². The first-order chi connectivity index (χ1) is 9.26. The Morgan fingerprint density at radius 2 is 2.05 bits per heavy atom. The number of hydrogen-bond acceptors (Lipinski definition) is 4. The summed E-state index contributed by atoms with van der Waals surface area (Å²) in [4.78, 5) is 14.2. The molecule has 1 aliphatic rings. The molecular formula is C15H17NO3. The lowest BCUT2D eigenvalue weighted by Gasteiger charge is -2.13. The zero-order valence-corrected chi connectivity index (χ0v) is 11.0. The number of hydrogen-bond donors (Lipinski definition) is 0. The molecule has 0 amide bonds. The molecule has 0 unspecified atom stereocenters. The van der Waals surface area contributed by atoms with E-state index in [0.29, 0.717) is 12.1 Å². The monoisotopic (exact) mass is 259 g/mol. The van der Waals surface area contributed by atoms with Gasteiger partial charge in [0.15, 0.2) is 0 Å². The highest BCUT2D eigenvalue weighted by atomic mass is 16.5. The molecule has 0 aliphatic carbocycles. The minimum Gasteiger partial charge on any atom is -0.497 e. The highest BCUT2D eigenvalue weighted by Gasteiger charge is 2.15. The number of likely N-dealkylation sites (tertiary alicyclic amines) is 1. The Hall–Kier alpha value is -1.81. The zero-order chi connectivity index (χ0) is 13.2. The fourth-order valence-electron chi connectivity index (χ4n) is 2.56. The molecule has 100 valence electrons. The largest absolute Gasteiger partial charge is 0.497 e. The van der Waals surface area contributed by atoms with Crippen molar-refractivity contribution in [1.82, 2.24) is 4.90 Å². The average Bonchev–Trinajstić information content (AvgIpc) is 2.92. The molecule has 0 saturated carbocycles. The molecule has 4 heteroatoms. The second kappa shape index (κ2) is 5.05. The van der Waals surface area contributed by atoms with E-state index in [0.717, 1.165) is 29.8 Å². The van der Waals surface area contributed by atoms with E-state index in [4.69, 9.17) is 9.15 Å². The van der Waals surface area contributed by atoms with Crippen LogP contribution in [0.5, 0.6) is 5.75 Å². The van der Waals surface area contributed by atoms with E-state index in [2.05, 4.69) is 4.90 Å². The van der Waals surface area contributed by atoms with Crippen molar-refractivity contribution in [2.24, 2.45) is 0 Å². The summed E-state index contributed by atoms with van der Waals surface area (Å²) in [7, 11) is 1.63. The summed E-state index contributed by atoms with van der Waals surface area (Å²) in [5.41, 5.74) is 1.10. The second-order valence-corrected chi connectivity index (χ2v) is 4.95. The van der Waals surface area contributed by atoms with Crippen LogP contribution >= 0.6 is 0 Å². The fraction of sp³-hybridized carbons (Fsp3) is 0.400. The minimum absolute atomic E-state index is 0.232. The van der Waals surface area contributed by atoms with Gasteiger partial charge in [-0.3, -0.25) is 4.90 Å². The lowest BCUT2D eigenvalue weighted by atomic mass is 10.1. The summed E-state index contributed by atoms with van der Waals surface area (Å²) in [5, 5.41) is 0.910. The second-order valence-electron chi connectivity index (χ2n) is 4.95. The van der Waals surface area contributed by atoms with E-state index in [1.54, 1.807) is 19.2 Å². The summed E-state index contributed by atoms with van der Waals surface area (Å²) in [6.45, 7) is 2.81. The number of rotatable bonds is 3. The normalized spacial score (nSPS) is 16.1. The molecule has 1 saturated heterocycles. The third kappa shape index (κ3) is 2.49. The van der Waals surface area contributed by atoms with Crippen LogP contribution in [0.15, 0.2) is 33.5 Å². The molecule has 1 aromatic heterocycles. The molecular weight excluding hydrogens is 242 g/mol. The van der Waals surface area contributed by atoms with Crippen molar-refractivity contribution >= 4 is 11.0 Å². The molecule has 4 nitrogen and oxygen atoms in total. The van der Waals surface area contributed by atoms with E-state index in [-0.39, 0.29) is 5.63 Å². The van der Waals surface area contributed by atoms with Crippen LogP contribution in [0.2, 0.25) is 0 Å². The molecule has 3 rings (SSSR count). The van der Waals surface area contributed by atoms with Gasteiger partial charge in [0.2, 0.25) is 0 Å². The van der Waals surface area contributed by atoms with Gasteiger partial charge in [-0.2, -0.15) is 0 Å². The van der Waals surface area contributed by atoms with E-state index in [9.17, 15) is 4.79 Å². The number of fused-ring (bicyclic) bond motifs is 1. The van der Waals surface area contributed by atoms with E-state index >= 15 is 0 Å². The van der Waals surface area contributed by atoms with Crippen LogP contribution in [0, 0.1) is 0 Å². The lowest BCUT2D eigenvalue weighted by molar-refractivity contribution is 0.325. The van der Waals surface area contributed by atoms with Crippen molar-refractivity contribution in [1.29, 1.82) is 0 Å². The molecule has 1 fully saturated rings. The zero-order valence-electron chi connectivity index (χ0n) is 11.0. The van der Waals surface area contributed by atoms with Crippen LogP contribution < -0.4 is 10.4 Å². The molecule has 0 N–H and O–H groups in total. The predicted octanol–water partition coefficient (Wildman–Crippen LogP) is 2.40. The molecule has 2 heterocycles. The van der Waals surface area contributed by atoms with Crippen molar-refractivity contribution < 1.29 is 9.15 Å². The van der Waals surface area contributed by atoms with Gasteiger partial charge in [0.1, 0.15) is 11.3 Å². The Bertz CT molecular complexity index is 641. The molecule has 0 atom stereocenters. The first-order valence-corrected chi connectivity index (χ1v) is 6.59. The maximum atomic E-state index is 12.0. The van der Waals surface area contributed by atoms with E-state index in [1.165, 1.54) is 12.8 Å². The van der Waals surface area contributed by atoms with Crippen molar-refractivity contribution in [3.05, 3.63) is 40.2 Å². The number of ether oxygens (including phenoxy) is 1. The molecule has 19 heavy (non-hydrogen) atoms. The van der Waals surface area contributed by atoms with E-state index in [1.807, 2.05) is 12.1 Å². The van der Waals surface area contributed by atoms with Gasteiger partial charge >= 0.3 is 5.63 Å². The summed E-state index contributed by atoms with van der Waals surface area (Å²) in [6.07, 6.45) is 2.43. The highest BCUT2D eigenvalue weighted by molar-refractivity contribution is 5.78. The molecule has 1 aromatic carbocycles. The summed E-state index contributed by atoms with van der Waals surface area (Å²) in [6, 6.07) is 7.38.